The zero-order valence-electron chi connectivity index (χ0n) is 7.21. The average Bonchev–Trinajstić information content (AvgIpc) is 2.53. The summed E-state index contributed by atoms with van der Waals surface area (Å²) < 4.78 is 0. The van der Waals surface area contributed by atoms with E-state index in [1.807, 2.05) is 0 Å². The number of fused-ring (bicyclic) bond motifs is 1. The van der Waals surface area contributed by atoms with Gasteiger partial charge in [-0.05, 0) is 48.1 Å². The summed E-state index contributed by atoms with van der Waals surface area (Å²) in [6.45, 7) is 0. The van der Waals surface area contributed by atoms with Gasteiger partial charge in [-0.15, -0.1) is 0 Å². The van der Waals surface area contributed by atoms with Gasteiger partial charge >= 0.3 is 0 Å². The van der Waals surface area contributed by atoms with Crippen molar-refractivity contribution in [2.75, 3.05) is 5.75 Å². The van der Waals surface area contributed by atoms with Gasteiger partial charge in [-0.2, -0.15) is 12.6 Å². The first kappa shape index (κ1) is 8.18. The molecule has 0 nitrogen and oxygen atoms in total. The molecule has 1 heteroatoms. The molecule has 0 amide bonds. The Morgan fingerprint density at radius 2 is 2.17 bits per heavy atom. The maximum atomic E-state index is 4.27. The maximum absolute atomic E-state index is 4.27. The van der Waals surface area contributed by atoms with Crippen molar-refractivity contribution >= 4 is 12.6 Å². The summed E-state index contributed by atoms with van der Waals surface area (Å²) in [6.07, 6.45) is 5.06. The van der Waals surface area contributed by atoms with Crippen LogP contribution in [-0.4, -0.2) is 5.75 Å². The first-order valence-electron chi connectivity index (χ1n) is 4.62. The molecule has 0 unspecified atom stereocenters. The molecule has 12 heavy (non-hydrogen) atoms. The van der Waals surface area contributed by atoms with E-state index >= 15 is 0 Å². The molecule has 1 aromatic carbocycles. The molecule has 0 radical (unpaired) electrons. The van der Waals surface area contributed by atoms with Gasteiger partial charge in [0.05, 0.1) is 0 Å². The second kappa shape index (κ2) is 3.53. The van der Waals surface area contributed by atoms with E-state index in [-0.39, 0.29) is 0 Å². The zero-order chi connectivity index (χ0) is 8.39. The van der Waals surface area contributed by atoms with E-state index in [2.05, 4.69) is 30.8 Å². The average molecular weight is 178 g/mol. The summed E-state index contributed by atoms with van der Waals surface area (Å²) >= 11 is 4.27. The first-order valence-corrected chi connectivity index (χ1v) is 5.25. The normalized spacial score (nSPS) is 14.8. The van der Waals surface area contributed by atoms with Crippen LogP contribution in [0, 0.1) is 0 Å². The quantitative estimate of drug-likeness (QED) is 0.661. The largest absolute Gasteiger partial charge is 0.179 e. The number of hydrogen-bond acceptors (Lipinski definition) is 1. The molecule has 0 saturated heterocycles. The minimum absolute atomic E-state index is 0.969. The van der Waals surface area contributed by atoms with Crippen molar-refractivity contribution in [2.45, 2.75) is 25.7 Å². The molecule has 0 fully saturated rings. The van der Waals surface area contributed by atoms with Crippen molar-refractivity contribution < 1.29 is 0 Å². The lowest BCUT2D eigenvalue weighted by Crippen LogP contribution is -1.93. The van der Waals surface area contributed by atoms with Gasteiger partial charge in [0.1, 0.15) is 0 Å². The predicted octanol–water partition coefficient (Wildman–Crippen LogP) is 2.65. The highest BCUT2D eigenvalue weighted by Crippen LogP contribution is 2.25. The number of benzene rings is 1. The fraction of sp³-hybridized carbons (Fsp3) is 0.455. The Morgan fingerprint density at radius 1 is 1.25 bits per heavy atom. The van der Waals surface area contributed by atoms with Crippen LogP contribution < -0.4 is 0 Å². The predicted molar refractivity (Wildman–Crippen MR) is 56.0 cm³/mol. The third kappa shape index (κ3) is 1.38. The lowest BCUT2D eigenvalue weighted by Gasteiger charge is -2.05. The molecule has 0 N–H and O–H groups in total. The maximum Gasteiger partial charge on any atom is -0.00573 e. The zero-order valence-corrected chi connectivity index (χ0v) is 8.11. The molecule has 0 atom stereocenters. The minimum atomic E-state index is 0.969. The van der Waals surface area contributed by atoms with Crippen molar-refractivity contribution in [3.63, 3.8) is 0 Å². The fourth-order valence-corrected chi connectivity index (χ4v) is 2.29. The Bertz CT molecular complexity index is 278. The Kier molecular flexibility index (Phi) is 2.40. The summed E-state index contributed by atoms with van der Waals surface area (Å²) in [5.74, 6) is 0.969. The van der Waals surface area contributed by atoms with Gasteiger partial charge in [-0.3, -0.25) is 0 Å². The van der Waals surface area contributed by atoms with Crippen molar-refractivity contribution in [1.82, 2.24) is 0 Å². The van der Waals surface area contributed by atoms with E-state index in [1.165, 1.54) is 24.8 Å². The molecule has 0 aromatic heterocycles. The standard InChI is InChI=1S/C11H14S/c12-8-7-10-4-1-3-9-5-2-6-11(9)10/h1,3-4,12H,2,5-8H2. The van der Waals surface area contributed by atoms with E-state index in [9.17, 15) is 0 Å². The molecule has 1 aliphatic carbocycles. The van der Waals surface area contributed by atoms with Crippen molar-refractivity contribution in [1.29, 1.82) is 0 Å². The van der Waals surface area contributed by atoms with Crippen LogP contribution in [0.2, 0.25) is 0 Å². The second-order valence-corrected chi connectivity index (χ2v) is 3.83. The van der Waals surface area contributed by atoms with Crippen LogP contribution in [0.4, 0.5) is 0 Å². The van der Waals surface area contributed by atoms with Crippen LogP contribution >= 0.6 is 12.6 Å². The highest BCUT2D eigenvalue weighted by molar-refractivity contribution is 7.80. The molecule has 2 rings (SSSR count). The van der Waals surface area contributed by atoms with Gasteiger partial charge in [0.25, 0.3) is 0 Å². The molecule has 0 heterocycles. The third-order valence-electron chi connectivity index (χ3n) is 2.62. The number of aryl methyl sites for hydroxylation is 2. The first-order chi connectivity index (χ1) is 5.92. The summed E-state index contributed by atoms with van der Waals surface area (Å²) in [7, 11) is 0. The van der Waals surface area contributed by atoms with Gasteiger partial charge in [-0.1, -0.05) is 18.2 Å². The molecule has 0 saturated carbocycles. The molecule has 0 bridgehead atoms. The lowest BCUT2D eigenvalue weighted by atomic mass is 10.0. The van der Waals surface area contributed by atoms with Gasteiger partial charge in [0.15, 0.2) is 0 Å². The lowest BCUT2D eigenvalue weighted by molar-refractivity contribution is 0.906. The highest BCUT2D eigenvalue weighted by atomic mass is 32.1. The number of rotatable bonds is 2. The van der Waals surface area contributed by atoms with E-state index in [1.54, 1.807) is 11.1 Å². The smallest absolute Gasteiger partial charge is 0.00573 e. The van der Waals surface area contributed by atoms with Crippen LogP contribution in [0.5, 0.6) is 0 Å². The molecule has 64 valence electrons. The summed E-state index contributed by atoms with van der Waals surface area (Å²) in [5.41, 5.74) is 4.72. The van der Waals surface area contributed by atoms with Gasteiger partial charge in [0, 0.05) is 0 Å². The highest BCUT2D eigenvalue weighted by Gasteiger charge is 2.12. The summed E-state index contributed by atoms with van der Waals surface area (Å²) in [4.78, 5) is 0. The van der Waals surface area contributed by atoms with Crippen LogP contribution in [-0.2, 0) is 19.3 Å². The van der Waals surface area contributed by atoms with Crippen molar-refractivity contribution in [3.05, 3.63) is 34.9 Å². The Labute approximate surface area is 79.4 Å². The van der Waals surface area contributed by atoms with Crippen LogP contribution in [0.25, 0.3) is 0 Å². The molecule has 0 spiro atoms. The number of hydrogen-bond donors (Lipinski definition) is 1. The molecular formula is C11H14S. The van der Waals surface area contributed by atoms with E-state index in [4.69, 9.17) is 0 Å². The van der Waals surface area contributed by atoms with Crippen LogP contribution in [0.3, 0.4) is 0 Å². The Morgan fingerprint density at radius 3 is 3.00 bits per heavy atom. The third-order valence-corrected chi connectivity index (χ3v) is 2.85. The SMILES string of the molecule is SCCc1cccc2c1CCC2. The van der Waals surface area contributed by atoms with Crippen molar-refractivity contribution in [3.8, 4) is 0 Å². The van der Waals surface area contributed by atoms with Crippen LogP contribution in [0.1, 0.15) is 23.1 Å². The van der Waals surface area contributed by atoms with Gasteiger partial charge < -0.3 is 0 Å². The van der Waals surface area contributed by atoms with E-state index in [0.29, 0.717) is 0 Å². The van der Waals surface area contributed by atoms with Crippen LogP contribution in [0.15, 0.2) is 18.2 Å². The molecule has 1 aromatic rings. The van der Waals surface area contributed by atoms with Gasteiger partial charge in [-0.25, -0.2) is 0 Å². The monoisotopic (exact) mass is 178 g/mol. The topological polar surface area (TPSA) is 0 Å². The molecule has 1 aliphatic rings. The summed E-state index contributed by atoms with van der Waals surface area (Å²) in [5, 5.41) is 0. The Balaban J connectivity index is 2.36. The second-order valence-electron chi connectivity index (χ2n) is 3.38. The van der Waals surface area contributed by atoms with Gasteiger partial charge in [0.2, 0.25) is 0 Å². The van der Waals surface area contributed by atoms with Crippen molar-refractivity contribution in [2.24, 2.45) is 0 Å². The minimum Gasteiger partial charge on any atom is -0.179 e. The fourth-order valence-electron chi connectivity index (χ4n) is 2.05. The summed E-state index contributed by atoms with van der Waals surface area (Å²) in [6, 6.07) is 6.70. The van der Waals surface area contributed by atoms with E-state index < -0.39 is 0 Å². The number of thiol groups is 1. The van der Waals surface area contributed by atoms with E-state index in [0.717, 1.165) is 12.2 Å². The molecule has 0 aliphatic heterocycles. The molecular weight excluding hydrogens is 164 g/mol. The Hall–Kier alpha value is -0.430.